The van der Waals surface area contributed by atoms with Gasteiger partial charge in [0.2, 0.25) is 0 Å². The van der Waals surface area contributed by atoms with Gasteiger partial charge in [0.05, 0.1) is 6.61 Å². The van der Waals surface area contributed by atoms with Gasteiger partial charge < -0.3 is 19.7 Å². The minimum atomic E-state index is -0.0390. The molecule has 0 atom stereocenters. The number of likely N-dealkylation sites (tertiary alicyclic amines) is 1. The van der Waals surface area contributed by atoms with E-state index in [0.717, 1.165) is 37.4 Å². The molecule has 5 heteroatoms. The normalized spacial score (nSPS) is 15.2. The number of carbonyl (C=O) groups is 1. The lowest BCUT2D eigenvalue weighted by atomic mass is 10.2. The molecular weight excluding hydrogens is 268 g/mol. The number of ether oxygens (including phenoxy) is 2. The molecule has 2 rings (SSSR count). The summed E-state index contributed by atoms with van der Waals surface area (Å²) in [7, 11) is 0. The summed E-state index contributed by atoms with van der Waals surface area (Å²) in [6.07, 6.45) is 4.61. The van der Waals surface area contributed by atoms with Crippen LogP contribution in [-0.2, 0) is 0 Å². The van der Waals surface area contributed by atoms with Gasteiger partial charge >= 0.3 is 6.03 Å². The lowest BCUT2D eigenvalue weighted by molar-refractivity contribution is 0.186. The monoisotopic (exact) mass is 292 g/mol. The summed E-state index contributed by atoms with van der Waals surface area (Å²) in [5.74, 6) is 1.54. The predicted molar refractivity (Wildman–Crippen MR) is 81.7 cm³/mol. The number of amides is 2. The molecule has 1 saturated heterocycles. The fourth-order valence-corrected chi connectivity index (χ4v) is 2.37. The Bertz CT molecular complexity index is 426. The highest BCUT2D eigenvalue weighted by Gasteiger charge is 2.14. The number of benzene rings is 1. The zero-order valence-electron chi connectivity index (χ0n) is 12.6. The van der Waals surface area contributed by atoms with Crippen molar-refractivity contribution < 1.29 is 14.3 Å². The lowest BCUT2D eigenvalue weighted by Crippen LogP contribution is -2.41. The Kier molecular flexibility index (Phi) is 6.19. The van der Waals surface area contributed by atoms with E-state index >= 15 is 0 Å². The van der Waals surface area contributed by atoms with Crippen molar-refractivity contribution in [1.29, 1.82) is 0 Å². The quantitative estimate of drug-likeness (QED) is 0.849. The molecule has 1 fully saturated rings. The topological polar surface area (TPSA) is 50.8 Å². The third-order valence-electron chi connectivity index (χ3n) is 3.49. The van der Waals surface area contributed by atoms with Gasteiger partial charge in [-0.1, -0.05) is 12.8 Å². The highest BCUT2D eigenvalue weighted by Crippen LogP contribution is 2.17. The van der Waals surface area contributed by atoms with E-state index in [1.165, 1.54) is 12.8 Å². The molecule has 0 bridgehead atoms. The summed E-state index contributed by atoms with van der Waals surface area (Å²) in [6, 6.07) is 7.35. The van der Waals surface area contributed by atoms with Crippen LogP contribution >= 0.6 is 0 Å². The Morgan fingerprint density at radius 3 is 2.19 bits per heavy atom. The van der Waals surface area contributed by atoms with Gasteiger partial charge in [0.25, 0.3) is 0 Å². The Morgan fingerprint density at radius 2 is 1.62 bits per heavy atom. The molecule has 116 valence electrons. The lowest BCUT2D eigenvalue weighted by Gasteiger charge is -2.20. The van der Waals surface area contributed by atoms with E-state index in [0.29, 0.717) is 6.61 Å². The van der Waals surface area contributed by atoms with Crippen LogP contribution in [0, 0.1) is 0 Å². The van der Waals surface area contributed by atoms with Gasteiger partial charge in [-0.3, -0.25) is 0 Å². The third kappa shape index (κ3) is 5.17. The molecule has 21 heavy (non-hydrogen) atoms. The Morgan fingerprint density at radius 1 is 1.05 bits per heavy atom. The van der Waals surface area contributed by atoms with Crippen LogP contribution in [0.5, 0.6) is 11.5 Å². The molecule has 0 saturated carbocycles. The van der Waals surface area contributed by atoms with E-state index in [1.54, 1.807) is 0 Å². The smallest absolute Gasteiger partial charge is 0.320 e. The minimum absolute atomic E-state index is 0.0390. The number of nitrogens with one attached hydrogen (secondary N) is 1. The SMILES string of the molecule is CCOc1ccc(OCNC(=O)N2CCCCCC2)cc1. The molecule has 5 nitrogen and oxygen atoms in total. The summed E-state index contributed by atoms with van der Waals surface area (Å²) < 4.78 is 10.9. The number of nitrogens with zero attached hydrogens (tertiary/aromatic N) is 1. The zero-order chi connectivity index (χ0) is 14.9. The summed E-state index contributed by atoms with van der Waals surface area (Å²) >= 11 is 0. The molecule has 0 radical (unpaired) electrons. The van der Waals surface area contributed by atoms with Crippen molar-refractivity contribution in [2.75, 3.05) is 26.4 Å². The van der Waals surface area contributed by atoms with Crippen molar-refractivity contribution >= 4 is 6.03 Å². The molecule has 1 aliphatic rings. The van der Waals surface area contributed by atoms with Crippen LogP contribution in [0.3, 0.4) is 0 Å². The molecule has 0 aromatic heterocycles. The van der Waals surface area contributed by atoms with Crippen LogP contribution in [0.25, 0.3) is 0 Å². The summed E-state index contributed by atoms with van der Waals surface area (Å²) in [5.41, 5.74) is 0. The van der Waals surface area contributed by atoms with Crippen LogP contribution < -0.4 is 14.8 Å². The second-order valence-electron chi connectivity index (χ2n) is 5.08. The van der Waals surface area contributed by atoms with Crippen molar-refractivity contribution in [2.45, 2.75) is 32.6 Å². The van der Waals surface area contributed by atoms with Crippen LogP contribution in [0.1, 0.15) is 32.6 Å². The van der Waals surface area contributed by atoms with Crippen molar-refractivity contribution in [1.82, 2.24) is 10.2 Å². The first-order chi connectivity index (χ1) is 10.3. The molecule has 0 spiro atoms. The van der Waals surface area contributed by atoms with Crippen molar-refractivity contribution in [2.24, 2.45) is 0 Å². The van der Waals surface area contributed by atoms with Gasteiger partial charge in [-0.05, 0) is 44.0 Å². The predicted octanol–water partition coefficient (Wildman–Crippen LogP) is 3.01. The third-order valence-corrected chi connectivity index (χ3v) is 3.49. The van der Waals surface area contributed by atoms with Gasteiger partial charge in [0, 0.05) is 13.1 Å². The second-order valence-corrected chi connectivity index (χ2v) is 5.08. The van der Waals surface area contributed by atoms with Gasteiger partial charge in [0.1, 0.15) is 11.5 Å². The summed E-state index contributed by atoms with van der Waals surface area (Å²) in [5, 5.41) is 2.80. The standard InChI is InChI=1S/C16H24N2O3/c1-2-20-14-7-9-15(10-8-14)21-13-17-16(19)18-11-5-3-4-6-12-18/h7-10H,2-6,11-13H2,1H3,(H,17,19). The highest BCUT2D eigenvalue weighted by atomic mass is 16.5. The summed E-state index contributed by atoms with van der Waals surface area (Å²) in [4.78, 5) is 13.9. The first-order valence-electron chi connectivity index (χ1n) is 7.68. The molecule has 0 aliphatic carbocycles. The molecule has 1 N–H and O–H groups in total. The molecular formula is C16H24N2O3. The fraction of sp³-hybridized carbons (Fsp3) is 0.562. The average Bonchev–Trinajstić information content (AvgIpc) is 2.78. The minimum Gasteiger partial charge on any atom is -0.494 e. The number of carbonyl (C=O) groups excluding carboxylic acids is 1. The zero-order valence-corrected chi connectivity index (χ0v) is 12.6. The number of rotatable bonds is 5. The number of hydrogen-bond acceptors (Lipinski definition) is 3. The highest BCUT2D eigenvalue weighted by molar-refractivity contribution is 5.74. The fourth-order valence-electron chi connectivity index (χ4n) is 2.37. The number of urea groups is 1. The molecule has 2 amide bonds. The maximum absolute atomic E-state index is 12.0. The maximum Gasteiger partial charge on any atom is 0.320 e. The molecule has 1 aromatic rings. The van der Waals surface area contributed by atoms with Crippen molar-refractivity contribution in [3.05, 3.63) is 24.3 Å². The van der Waals surface area contributed by atoms with Crippen LogP contribution in [0.2, 0.25) is 0 Å². The Labute approximate surface area is 126 Å². The summed E-state index contributed by atoms with van der Waals surface area (Å²) in [6.45, 7) is 4.46. The molecule has 0 unspecified atom stereocenters. The average molecular weight is 292 g/mol. The first-order valence-corrected chi connectivity index (χ1v) is 7.68. The van der Waals surface area contributed by atoms with Gasteiger partial charge in [-0.15, -0.1) is 0 Å². The van der Waals surface area contributed by atoms with E-state index in [-0.39, 0.29) is 12.8 Å². The van der Waals surface area contributed by atoms with Crippen molar-refractivity contribution in [3.8, 4) is 11.5 Å². The van der Waals surface area contributed by atoms with Gasteiger partial charge in [0.15, 0.2) is 6.73 Å². The van der Waals surface area contributed by atoms with E-state index in [1.807, 2.05) is 36.1 Å². The molecule has 1 aromatic carbocycles. The van der Waals surface area contributed by atoms with E-state index in [9.17, 15) is 4.79 Å². The van der Waals surface area contributed by atoms with E-state index < -0.39 is 0 Å². The first kappa shape index (κ1) is 15.5. The van der Waals surface area contributed by atoms with Gasteiger partial charge in [-0.2, -0.15) is 0 Å². The molecule has 1 aliphatic heterocycles. The van der Waals surface area contributed by atoms with Crippen LogP contribution in [0.4, 0.5) is 4.79 Å². The largest absolute Gasteiger partial charge is 0.494 e. The van der Waals surface area contributed by atoms with Crippen LogP contribution in [-0.4, -0.2) is 37.4 Å². The van der Waals surface area contributed by atoms with Crippen LogP contribution in [0.15, 0.2) is 24.3 Å². The molecule has 1 heterocycles. The second kappa shape index (κ2) is 8.39. The van der Waals surface area contributed by atoms with E-state index in [2.05, 4.69) is 5.32 Å². The van der Waals surface area contributed by atoms with E-state index in [4.69, 9.17) is 9.47 Å². The Balaban J connectivity index is 1.71. The van der Waals surface area contributed by atoms with Gasteiger partial charge in [-0.25, -0.2) is 4.79 Å². The number of hydrogen-bond donors (Lipinski definition) is 1. The van der Waals surface area contributed by atoms with Crippen molar-refractivity contribution in [3.63, 3.8) is 0 Å². The maximum atomic E-state index is 12.0. The Hall–Kier alpha value is -1.91.